The maximum Gasteiger partial charge on any atom is 0.277 e. The van der Waals surface area contributed by atoms with Gasteiger partial charge < -0.3 is 14.7 Å². The highest BCUT2D eigenvalue weighted by molar-refractivity contribution is 5.96. The first-order valence-electron chi connectivity index (χ1n) is 11.3. The van der Waals surface area contributed by atoms with Crippen LogP contribution in [-0.2, 0) is 0 Å². The number of aromatic nitrogens is 1. The van der Waals surface area contributed by atoms with E-state index in [-0.39, 0.29) is 17.9 Å². The van der Waals surface area contributed by atoms with E-state index in [4.69, 9.17) is 4.74 Å². The van der Waals surface area contributed by atoms with Crippen LogP contribution in [0.15, 0.2) is 71.7 Å². The molecule has 172 valence electrons. The number of aromatic hydroxyl groups is 1. The summed E-state index contributed by atoms with van der Waals surface area (Å²) in [5.41, 5.74) is 1.31. The molecule has 2 atom stereocenters. The Bertz CT molecular complexity index is 1190. The first-order valence-corrected chi connectivity index (χ1v) is 11.3. The molecule has 2 aromatic carbocycles. The van der Waals surface area contributed by atoms with Gasteiger partial charge >= 0.3 is 0 Å². The lowest BCUT2D eigenvalue weighted by Crippen LogP contribution is -2.61. The van der Waals surface area contributed by atoms with Gasteiger partial charge in [0, 0.05) is 24.9 Å². The lowest BCUT2D eigenvalue weighted by atomic mass is 9.95. The molecule has 0 saturated heterocycles. The number of carbonyl (C=O) groups excluding carboxylic acids is 1. The normalized spacial score (nSPS) is 16.5. The molecule has 4 rings (SSSR count). The molecule has 2 unspecified atom stereocenters. The first-order chi connectivity index (χ1) is 16.0. The predicted octanol–water partition coefficient (Wildman–Crippen LogP) is 3.89. The summed E-state index contributed by atoms with van der Waals surface area (Å²) >= 11 is 0. The van der Waals surface area contributed by atoms with Crippen molar-refractivity contribution in [2.75, 3.05) is 18.7 Å². The van der Waals surface area contributed by atoms with Crippen molar-refractivity contribution in [3.63, 3.8) is 0 Å². The van der Waals surface area contributed by atoms with Gasteiger partial charge in [0.25, 0.3) is 5.91 Å². The van der Waals surface area contributed by atoms with E-state index < -0.39 is 17.1 Å². The Kier molecular flexibility index (Phi) is 6.40. The van der Waals surface area contributed by atoms with Gasteiger partial charge in [-0.05, 0) is 24.5 Å². The monoisotopic (exact) mass is 447 g/mol. The second kappa shape index (κ2) is 9.40. The standard InChI is InChI=1S/C26H29N3O4/c1-4-17-33-21-14-10-9-13-19(21)23(18-11-7-6-8-12-18)29-22(5-2)27(3)26(32)24-25(31)20(30)15-16-28(24)29/h6-16,22-23,31H,4-5,17H2,1-3H3. The third-order valence-electron chi connectivity index (χ3n) is 6.00. The zero-order valence-electron chi connectivity index (χ0n) is 19.1. The molecular weight excluding hydrogens is 418 g/mol. The van der Waals surface area contributed by atoms with E-state index in [1.807, 2.05) is 66.5 Å². The van der Waals surface area contributed by atoms with Crippen LogP contribution in [0.1, 0.15) is 54.3 Å². The van der Waals surface area contributed by atoms with Crippen LogP contribution >= 0.6 is 0 Å². The molecule has 0 bridgehead atoms. The summed E-state index contributed by atoms with van der Waals surface area (Å²) in [7, 11) is 1.70. The number of pyridine rings is 1. The number of fused-ring (bicyclic) bond motifs is 1. The molecule has 2 heterocycles. The zero-order chi connectivity index (χ0) is 23.5. The Morgan fingerprint density at radius 2 is 1.70 bits per heavy atom. The number of benzene rings is 2. The fourth-order valence-electron chi connectivity index (χ4n) is 4.45. The SMILES string of the molecule is CCCOc1ccccc1C(c1ccccc1)N1C(CC)N(C)C(=O)c2c(O)c(=O)ccn21. The molecule has 1 aromatic heterocycles. The van der Waals surface area contributed by atoms with Crippen molar-refractivity contribution >= 4 is 5.91 Å². The minimum Gasteiger partial charge on any atom is -0.502 e. The summed E-state index contributed by atoms with van der Waals surface area (Å²) in [4.78, 5) is 27.0. The van der Waals surface area contributed by atoms with Gasteiger partial charge in [0.2, 0.25) is 5.43 Å². The average Bonchev–Trinajstić information content (AvgIpc) is 2.84. The molecule has 0 spiro atoms. The Hall–Kier alpha value is -3.74. The van der Waals surface area contributed by atoms with Crippen molar-refractivity contribution in [1.29, 1.82) is 0 Å². The average molecular weight is 448 g/mol. The molecule has 0 saturated carbocycles. The minimum atomic E-state index is -0.583. The maximum atomic E-state index is 13.2. The van der Waals surface area contributed by atoms with Gasteiger partial charge in [-0.25, -0.2) is 0 Å². The van der Waals surface area contributed by atoms with Gasteiger partial charge in [-0.1, -0.05) is 62.4 Å². The number of nitrogens with zero attached hydrogens (tertiary/aromatic N) is 3. The molecular formula is C26H29N3O4. The van der Waals surface area contributed by atoms with Crippen molar-refractivity contribution in [1.82, 2.24) is 9.58 Å². The molecule has 33 heavy (non-hydrogen) atoms. The highest BCUT2D eigenvalue weighted by Crippen LogP contribution is 2.38. The lowest BCUT2D eigenvalue weighted by Gasteiger charge is -2.48. The van der Waals surface area contributed by atoms with Crippen molar-refractivity contribution in [2.24, 2.45) is 0 Å². The fraction of sp³-hybridized carbons (Fsp3) is 0.308. The largest absolute Gasteiger partial charge is 0.502 e. The molecule has 3 aromatic rings. The molecule has 1 N–H and O–H groups in total. The minimum absolute atomic E-state index is 0.0393. The van der Waals surface area contributed by atoms with E-state index in [2.05, 4.69) is 6.92 Å². The summed E-state index contributed by atoms with van der Waals surface area (Å²) < 4.78 is 7.74. The second-order valence-electron chi connectivity index (χ2n) is 8.11. The summed E-state index contributed by atoms with van der Waals surface area (Å²) in [6, 6.07) is 18.8. The van der Waals surface area contributed by atoms with E-state index in [0.29, 0.717) is 13.0 Å². The van der Waals surface area contributed by atoms with Crippen LogP contribution < -0.4 is 15.2 Å². The number of rotatable bonds is 7. The molecule has 1 aliphatic heterocycles. The maximum absolute atomic E-state index is 13.2. The van der Waals surface area contributed by atoms with Gasteiger partial charge in [-0.15, -0.1) is 0 Å². The third kappa shape index (κ3) is 3.95. The van der Waals surface area contributed by atoms with Crippen LogP contribution in [0, 0.1) is 0 Å². The Morgan fingerprint density at radius 3 is 2.39 bits per heavy atom. The van der Waals surface area contributed by atoms with Crippen molar-refractivity contribution in [3.05, 3.63) is 93.9 Å². The van der Waals surface area contributed by atoms with Gasteiger partial charge in [-0.3, -0.25) is 19.3 Å². The van der Waals surface area contributed by atoms with Crippen molar-refractivity contribution < 1.29 is 14.6 Å². The second-order valence-corrected chi connectivity index (χ2v) is 8.11. The summed E-state index contributed by atoms with van der Waals surface area (Å²) in [5.74, 6) is -0.179. The van der Waals surface area contributed by atoms with E-state index in [9.17, 15) is 14.7 Å². The van der Waals surface area contributed by atoms with Crippen LogP contribution in [-0.4, -0.2) is 40.4 Å². The zero-order valence-corrected chi connectivity index (χ0v) is 19.1. The quantitative estimate of drug-likeness (QED) is 0.595. The van der Waals surface area contributed by atoms with Crippen LogP contribution in [0.4, 0.5) is 0 Å². The highest BCUT2D eigenvalue weighted by atomic mass is 16.5. The van der Waals surface area contributed by atoms with Crippen LogP contribution in [0.5, 0.6) is 11.5 Å². The van der Waals surface area contributed by atoms with E-state index in [1.54, 1.807) is 22.8 Å². The summed E-state index contributed by atoms with van der Waals surface area (Å²) in [6.45, 7) is 4.65. The lowest BCUT2D eigenvalue weighted by molar-refractivity contribution is 0.0611. The molecule has 0 aliphatic carbocycles. The fourth-order valence-corrected chi connectivity index (χ4v) is 4.45. The predicted molar refractivity (Wildman–Crippen MR) is 127 cm³/mol. The first kappa shape index (κ1) is 22.5. The number of carbonyl (C=O) groups is 1. The van der Waals surface area contributed by atoms with E-state index in [1.165, 1.54) is 6.07 Å². The van der Waals surface area contributed by atoms with Crippen molar-refractivity contribution in [3.8, 4) is 11.5 Å². The Balaban J connectivity index is 2.00. The number of amides is 1. The molecule has 1 aliphatic rings. The third-order valence-corrected chi connectivity index (χ3v) is 6.00. The summed E-state index contributed by atoms with van der Waals surface area (Å²) in [6.07, 6.45) is 2.75. The molecule has 0 fully saturated rings. The van der Waals surface area contributed by atoms with E-state index in [0.717, 1.165) is 23.3 Å². The molecule has 7 nitrogen and oxygen atoms in total. The molecule has 1 amide bonds. The van der Waals surface area contributed by atoms with Gasteiger partial charge in [0.15, 0.2) is 11.4 Å². The number of hydrogen-bond acceptors (Lipinski definition) is 5. The highest BCUT2D eigenvalue weighted by Gasteiger charge is 2.41. The van der Waals surface area contributed by atoms with Crippen LogP contribution in [0.3, 0.4) is 0 Å². The van der Waals surface area contributed by atoms with Gasteiger partial charge in [0.05, 0.1) is 6.61 Å². The Morgan fingerprint density at radius 1 is 1.00 bits per heavy atom. The van der Waals surface area contributed by atoms with Gasteiger partial charge in [-0.2, -0.15) is 0 Å². The Labute approximate surface area is 193 Å². The topological polar surface area (TPSA) is 75.0 Å². The molecule has 7 heteroatoms. The van der Waals surface area contributed by atoms with E-state index >= 15 is 0 Å². The van der Waals surface area contributed by atoms with Crippen LogP contribution in [0.2, 0.25) is 0 Å². The number of ether oxygens (including phenoxy) is 1. The summed E-state index contributed by atoms with van der Waals surface area (Å²) in [5, 5.41) is 12.6. The smallest absolute Gasteiger partial charge is 0.277 e. The number of para-hydroxylation sites is 1. The molecule has 0 radical (unpaired) electrons. The van der Waals surface area contributed by atoms with Crippen molar-refractivity contribution in [2.45, 2.75) is 38.9 Å². The van der Waals surface area contributed by atoms with Crippen LogP contribution in [0.25, 0.3) is 0 Å². The number of hydrogen-bond donors (Lipinski definition) is 1. The van der Waals surface area contributed by atoms with Gasteiger partial charge in [0.1, 0.15) is 18.0 Å².